The molecular formula is C35H35ClF6N8O3. The first-order chi connectivity index (χ1) is 24.7. The molecule has 0 bridgehead atoms. The van der Waals surface area contributed by atoms with Gasteiger partial charge in [0.25, 0.3) is 12.3 Å². The van der Waals surface area contributed by atoms with Gasteiger partial charge < -0.3 is 10.5 Å². The van der Waals surface area contributed by atoms with E-state index in [1.54, 1.807) is 30.1 Å². The van der Waals surface area contributed by atoms with E-state index in [1.165, 1.54) is 30.3 Å². The van der Waals surface area contributed by atoms with E-state index in [4.69, 9.17) is 22.1 Å². The third-order valence-electron chi connectivity index (χ3n) is 9.34. The van der Waals surface area contributed by atoms with E-state index in [-0.39, 0.29) is 41.1 Å². The first-order valence-corrected chi connectivity index (χ1v) is 16.8. The molecule has 18 heteroatoms. The molecule has 1 saturated carbocycles. The van der Waals surface area contributed by atoms with Crippen LogP contribution in [0.25, 0.3) is 16.9 Å². The molecule has 2 aromatic carbocycles. The molecule has 2 atom stereocenters. The van der Waals surface area contributed by atoms with Crippen LogP contribution in [-0.2, 0) is 26.9 Å². The largest absolute Gasteiger partial charge is 0.463 e. The number of carbonyl (C=O) groups is 2. The van der Waals surface area contributed by atoms with Crippen LogP contribution in [-0.4, -0.2) is 60.1 Å². The smallest absolute Gasteiger partial charge is 0.395 e. The van der Waals surface area contributed by atoms with Crippen LogP contribution in [0.5, 0.6) is 0 Å². The minimum Gasteiger partial charge on any atom is -0.463 e. The van der Waals surface area contributed by atoms with Gasteiger partial charge in [-0.05, 0) is 54.5 Å². The number of ether oxygens (including phenoxy) is 1. The van der Waals surface area contributed by atoms with Gasteiger partial charge in [0.1, 0.15) is 18.8 Å². The van der Waals surface area contributed by atoms with Crippen molar-refractivity contribution in [2.24, 2.45) is 28.6 Å². The molecule has 1 aliphatic heterocycles. The van der Waals surface area contributed by atoms with Crippen molar-refractivity contribution in [1.29, 1.82) is 0 Å². The van der Waals surface area contributed by atoms with Crippen molar-refractivity contribution in [3.05, 3.63) is 82.8 Å². The monoisotopic (exact) mass is 764 g/mol. The van der Waals surface area contributed by atoms with Crippen molar-refractivity contribution in [2.75, 3.05) is 6.61 Å². The zero-order chi connectivity index (χ0) is 38.7. The van der Waals surface area contributed by atoms with Crippen LogP contribution in [0.3, 0.4) is 0 Å². The van der Waals surface area contributed by atoms with Gasteiger partial charge in [0.05, 0.1) is 34.3 Å². The molecule has 0 unspecified atom stereocenters. The second-order valence-electron chi connectivity index (χ2n) is 14.5. The molecule has 2 aliphatic rings. The number of aliphatic imine (C=N–C) groups is 1. The van der Waals surface area contributed by atoms with Crippen molar-refractivity contribution < 1.29 is 40.7 Å². The Kier molecular flexibility index (Phi) is 9.62. The summed E-state index contributed by atoms with van der Waals surface area (Å²) in [5, 5.41) is 8.11. The lowest BCUT2D eigenvalue weighted by Gasteiger charge is -2.35. The molecule has 2 N–H and O–H groups in total. The van der Waals surface area contributed by atoms with E-state index in [0.717, 1.165) is 15.9 Å². The third-order valence-corrected chi connectivity index (χ3v) is 9.66. The summed E-state index contributed by atoms with van der Waals surface area (Å²) in [6.45, 7) is 4.71. The first kappa shape index (κ1) is 37.8. The number of hydrogen-bond donors (Lipinski definition) is 1. The van der Waals surface area contributed by atoms with E-state index < -0.39 is 77.5 Å². The van der Waals surface area contributed by atoms with Crippen molar-refractivity contribution in [1.82, 2.24) is 29.4 Å². The summed E-state index contributed by atoms with van der Waals surface area (Å²) in [6.07, 6.45) is -6.62. The van der Waals surface area contributed by atoms with Crippen LogP contribution < -0.4 is 5.73 Å². The highest BCUT2D eigenvalue weighted by molar-refractivity contribution is 6.32. The van der Waals surface area contributed by atoms with E-state index in [9.17, 15) is 31.5 Å². The molecule has 53 heavy (non-hydrogen) atoms. The molecule has 0 spiro atoms. The fourth-order valence-electron chi connectivity index (χ4n) is 6.65. The van der Waals surface area contributed by atoms with Crippen LogP contribution in [0, 0.1) is 16.6 Å². The van der Waals surface area contributed by atoms with E-state index in [0.29, 0.717) is 11.3 Å². The van der Waals surface area contributed by atoms with Crippen LogP contribution >= 0.6 is 11.6 Å². The minimum absolute atomic E-state index is 0.0516. The number of aryl methyl sites for hydroxylation is 1. The molecule has 11 nitrogen and oxygen atoms in total. The Hall–Kier alpha value is -4.93. The van der Waals surface area contributed by atoms with E-state index >= 15 is 4.39 Å². The van der Waals surface area contributed by atoms with Gasteiger partial charge in [-0.1, -0.05) is 50.6 Å². The maximum atomic E-state index is 16.3. The lowest BCUT2D eigenvalue weighted by Crippen LogP contribution is -2.47. The number of benzene rings is 2. The molecule has 0 radical (unpaired) electrons. The van der Waals surface area contributed by atoms with Gasteiger partial charge in [-0.3, -0.25) is 19.2 Å². The maximum absolute atomic E-state index is 16.3. The third kappa shape index (κ3) is 7.22. The summed E-state index contributed by atoms with van der Waals surface area (Å²) in [7, 11) is 1.71. The number of carbonyl (C=O) groups excluding carboxylic acids is 2. The molecule has 2 aromatic heterocycles. The average molecular weight is 765 g/mol. The molecule has 0 saturated heterocycles. The number of nitrogens with zero attached hydrogens (tertiary/aromatic N) is 7. The predicted octanol–water partition coefficient (Wildman–Crippen LogP) is 7.20. The zero-order valence-electron chi connectivity index (χ0n) is 29.0. The number of alkyl halides is 5. The number of halogens is 7. The summed E-state index contributed by atoms with van der Waals surface area (Å²) in [6, 6.07) is 8.51. The van der Waals surface area contributed by atoms with Gasteiger partial charge in [-0.15, -0.1) is 0 Å². The van der Waals surface area contributed by atoms with Crippen molar-refractivity contribution in [3.8, 4) is 16.9 Å². The van der Waals surface area contributed by atoms with Crippen molar-refractivity contribution in [3.63, 3.8) is 0 Å². The summed E-state index contributed by atoms with van der Waals surface area (Å²) < 4.78 is 92.8. The van der Waals surface area contributed by atoms with Crippen LogP contribution in [0.1, 0.15) is 75.9 Å². The lowest BCUT2D eigenvalue weighted by molar-refractivity contribution is -0.195. The molecular weight excluding hydrogens is 730 g/mol. The molecule has 6 rings (SSSR count). The quantitative estimate of drug-likeness (QED) is 0.126. The topological polar surface area (TPSA) is 134 Å². The summed E-state index contributed by atoms with van der Waals surface area (Å²) >= 11 is 6.41. The average Bonchev–Trinajstić information content (AvgIpc) is 3.37. The SMILES string of the molecule is Cn1ccc(-c2ccc([C@@]3(CC(C)(C)C)N=C(N)N([C@H](COC(=O)CC4(C(F)(F)F)CC4)c4ccc(Cl)c(-n5ncnc5C(F)F)c4)C3=O)c(F)c2)n1. The zero-order valence-corrected chi connectivity index (χ0v) is 29.7. The second kappa shape index (κ2) is 13.5. The Morgan fingerprint density at radius 2 is 1.81 bits per heavy atom. The number of esters is 1. The predicted molar refractivity (Wildman–Crippen MR) is 180 cm³/mol. The standard InChI is InChI=1S/C35H35ClF6N8O3/c1-32(2,3)17-34(21-7-5-19(13-23(21)37)24-9-12-48(4)47-24)30(52)49(31(43)46-34)26(16-53-27(51)15-33(10-11-33)35(40,41)42)20-6-8-22(36)25(14-20)50-29(28(38)39)44-18-45-50/h5-9,12-14,18,26,28H,10-11,15-17H2,1-4H3,(H2,43,46)/t26-,34-/m1/s1. The molecule has 3 heterocycles. The first-order valence-electron chi connectivity index (χ1n) is 16.4. The normalized spacial score (nSPS) is 19.1. The molecule has 1 fully saturated rings. The highest BCUT2D eigenvalue weighted by Gasteiger charge is 2.64. The highest BCUT2D eigenvalue weighted by Crippen LogP contribution is 2.60. The van der Waals surface area contributed by atoms with Gasteiger partial charge >= 0.3 is 12.1 Å². The fraction of sp³-hybridized carbons (Fsp3) is 0.429. The Balaban J connectivity index is 1.43. The van der Waals surface area contributed by atoms with Crippen LogP contribution in [0.15, 0.2) is 60.0 Å². The molecule has 282 valence electrons. The number of amides is 1. The van der Waals surface area contributed by atoms with Crippen molar-refractivity contribution >= 4 is 29.4 Å². The number of rotatable bonds is 11. The molecule has 4 aromatic rings. The van der Waals surface area contributed by atoms with Gasteiger partial charge in [0.2, 0.25) is 0 Å². The Labute approximate surface area is 304 Å². The van der Waals surface area contributed by atoms with Gasteiger partial charge in [0.15, 0.2) is 17.3 Å². The van der Waals surface area contributed by atoms with Gasteiger partial charge in [-0.2, -0.15) is 23.4 Å². The minimum atomic E-state index is -4.64. The summed E-state index contributed by atoms with van der Waals surface area (Å²) in [4.78, 5) is 37.0. The van der Waals surface area contributed by atoms with E-state index in [1.807, 2.05) is 20.8 Å². The van der Waals surface area contributed by atoms with Crippen molar-refractivity contribution in [2.45, 2.75) is 70.6 Å². The maximum Gasteiger partial charge on any atom is 0.395 e. The fourth-order valence-corrected chi connectivity index (χ4v) is 6.85. The Morgan fingerprint density at radius 1 is 1.09 bits per heavy atom. The molecule has 1 aliphatic carbocycles. The van der Waals surface area contributed by atoms with Gasteiger partial charge in [-0.25, -0.2) is 27.8 Å². The van der Waals surface area contributed by atoms with Crippen LogP contribution in [0.2, 0.25) is 5.02 Å². The molecule has 1 amide bonds. The Bertz CT molecular complexity index is 2090. The number of nitrogens with two attached hydrogens (primary N) is 1. The number of hydrogen-bond acceptors (Lipinski definition) is 8. The number of aromatic nitrogens is 5. The lowest BCUT2D eigenvalue weighted by atomic mass is 9.75. The van der Waals surface area contributed by atoms with Crippen LogP contribution in [0.4, 0.5) is 26.3 Å². The summed E-state index contributed by atoms with van der Waals surface area (Å²) in [5.74, 6) is -3.95. The number of guanidine groups is 1. The van der Waals surface area contributed by atoms with Gasteiger partial charge in [0, 0.05) is 24.4 Å². The highest BCUT2D eigenvalue weighted by atomic mass is 35.5. The Morgan fingerprint density at radius 3 is 2.40 bits per heavy atom. The second-order valence-corrected chi connectivity index (χ2v) is 14.9. The van der Waals surface area contributed by atoms with E-state index in [2.05, 4.69) is 20.2 Å². The summed E-state index contributed by atoms with van der Waals surface area (Å²) in [5.41, 5.74) is 2.48.